The van der Waals surface area contributed by atoms with E-state index in [4.69, 9.17) is 4.74 Å². The van der Waals surface area contributed by atoms with E-state index in [1.807, 2.05) is 30.3 Å². The van der Waals surface area contributed by atoms with E-state index in [0.29, 0.717) is 17.0 Å². The van der Waals surface area contributed by atoms with Gasteiger partial charge in [-0.3, -0.25) is 9.79 Å². The van der Waals surface area contributed by atoms with Gasteiger partial charge in [0, 0.05) is 22.2 Å². The number of para-hydroxylation sites is 1. The molecule has 7 nitrogen and oxygen atoms in total. The lowest BCUT2D eigenvalue weighted by Gasteiger charge is -2.09. The van der Waals surface area contributed by atoms with Crippen LogP contribution in [0.3, 0.4) is 0 Å². The van der Waals surface area contributed by atoms with Crippen LogP contribution in [0.25, 0.3) is 0 Å². The molecule has 2 atom stereocenters. The van der Waals surface area contributed by atoms with Crippen molar-refractivity contribution in [2.45, 2.75) is 11.3 Å². The molecule has 0 aliphatic carbocycles. The quantitative estimate of drug-likeness (QED) is 0.563. The van der Waals surface area contributed by atoms with Crippen LogP contribution in [0.15, 0.2) is 83.9 Å². The topological polar surface area (TPSA) is 96.9 Å². The third-order valence-corrected chi connectivity index (χ3v) is 8.45. The predicted molar refractivity (Wildman–Crippen MR) is 132 cm³/mol. The van der Waals surface area contributed by atoms with E-state index in [1.54, 1.807) is 48.5 Å². The first-order chi connectivity index (χ1) is 15.9. The highest BCUT2D eigenvalue weighted by atomic mass is 32.2. The molecule has 2 N–H and O–H groups in total. The molecule has 33 heavy (non-hydrogen) atoms. The van der Waals surface area contributed by atoms with Crippen molar-refractivity contribution in [3.63, 3.8) is 0 Å². The van der Waals surface area contributed by atoms with E-state index in [1.165, 1.54) is 11.8 Å². The van der Waals surface area contributed by atoms with Crippen molar-refractivity contribution < 1.29 is 17.9 Å². The van der Waals surface area contributed by atoms with Gasteiger partial charge in [-0.15, -0.1) is 0 Å². The summed E-state index contributed by atoms with van der Waals surface area (Å²) in [5, 5.41) is 6.80. The Balaban J connectivity index is 1.16. The van der Waals surface area contributed by atoms with E-state index in [0.717, 1.165) is 16.6 Å². The number of carbonyl (C=O) groups excluding carboxylic acids is 1. The largest absolute Gasteiger partial charge is 0.457 e. The summed E-state index contributed by atoms with van der Waals surface area (Å²) in [6.07, 6.45) is 0. The molecule has 5 rings (SSSR count). The number of carbonyl (C=O) groups is 1. The Labute approximate surface area is 196 Å². The van der Waals surface area contributed by atoms with Gasteiger partial charge in [-0.25, -0.2) is 8.42 Å². The number of hydrogen-bond acceptors (Lipinski definition) is 7. The maximum absolute atomic E-state index is 12.6. The SMILES string of the molecule is O=C(Nc1ccc(Oc2ccccc2)cc1)c1ccc(NC2=N[C@@H]3CS(=O)(=O)C[C@@H]3S2)cc1. The maximum atomic E-state index is 12.6. The van der Waals surface area contributed by atoms with E-state index in [9.17, 15) is 13.2 Å². The molecule has 3 aromatic rings. The Hall–Kier alpha value is -3.30. The summed E-state index contributed by atoms with van der Waals surface area (Å²) in [6, 6.07) is 23.6. The highest BCUT2D eigenvalue weighted by Gasteiger charge is 2.42. The van der Waals surface area contributed by atoms with Crippen molar-refractivity contribution >= 4 is 44.0 Å². The number of nitrogens with one attached hydrogen (secondary N) is 2. The maximum Gasteiger partial charge on any atom is 0.255 e. The van der Waals surface area contributed by atoms with Gasteiger partial charge in [-0.1, -0.05) is 30.0 Å². The zero-order chi connectivity index (χ0) is 22.8. The molecule has 1 saturated heterocycles. The first kappa shape index (κ1) is 21.5. The standard InChI is InChI=1S/C24H21N3O4S2/c28-23(25-17-10-12-20(13-11-17)31-19-4-2-1-3-5-19)16-6-8-18(9-7-16)26-24-27-21-14-33(29,30)15-22(21)32-24/h1-13,21-22H,14-15H2,(H,25,28)(H,26,27)/t21-,22+/m1/s1. The minimum absolute atomic E-state index is 0.00738. The van der Waals surface area contributed by atoms with Crippen LogP contribution in [0, 0.1) is 0 Å². The Morgan fingerprint density at radius 2 is 1.55 bits per heavy atom. The van der Waals surface area contributed by atoms with E-state index >= 15 is 0 Å². The third kappa shape index (κ3) is 5.20. The Morgan fingerprint density at radius 1 is 0.879 bits per heavy atom. The number of amidine groups is 1. The van der Waals surface area contributed by atoms with Crippen molar-refractivity contribution in [1.29, 1.82) is 0 Å². The van der Waals surface area contributed by atoms with Crippen LogP contribution in [0.2, 0.25) is 0 Å². The number of benzene rings is 3. The molecular formula is C24H21N3O4S2. The fourth-order valence-electron chi connectivity index (χ4n) is 3.68. The highest BCUT2D eigenvalue weighted by Crippen LogP contribution is 2.34. The van der Waals surface area contributed by atoms with Crippen LogP contribution in [0.1, 0.15) is 10.4 Å². The lowest BCUT2D eigenvalue weighted by atomic mass is 10.2. The van der Waals surface area contributed by atoms with Gasteiger partial charge in [-0.05, 0) is 60.7 Å². The number of anilines is 2. The third-order valence-electron chi connectivity index (χ3n) is 5.31. The molecule has 1 amide bonds. The lowest BCUT2D eigenvalue weighted by molar-refractivity contribution is 0.102. The number of sulfone groups is 1. The molecule has 2 heterocycles. The fourth-order valence-corrected chi connectivity index (χ4v) is 7.35. The monoisotopic (exact) mass is 479 g/mol. The number of thioether (sulfide) groups is 1. The molecule has 1 fully saturated rings. The molecule has 0 radical (unpaired) electrons. The second kappa shape index (κ2) is 8.92. The molecule has 0 bridgehead atoms. The van der Waals surface area contributed by atoms with Gasteiger partial charge in [0.25, 0.3) is 5.91 Å². The van der Waals surface area contributed by atoms with Gasteiger partial charge in [0.2, 0.25) is 0 Å². The summed E-state index contributed by atoms with van der Waals surface area (Å²) >= 11 is 1.46. The zero-order valence-electron chi connectivity index (χ0n) is 17.5. The van der Waals surface area contributed by atoms with E-state index < -0.39 is 9.84 Å². The van der Waals surface area contributed by atoms with Gasteiger partial charge in [-0.2, -0.15) is 0 Å². The summed E-state index contributed by atoms with van der Waals surface area (Å²) in [7, 11) is -2.97. The summed E-state index contributed by atoms with van der Waals surface area (Å²) in [5.41, 5.74) is 1.98. The van der Waals surface area contributed by atoms with Gasteiger partial charge >= 0.3 is 0 Å². The van der Waals surface area contributed by atoms with E-state index in [-0.39, 0.29) is 28.7 Å². The molecule has 2 aliphatic heterocycles. The fraction of sp³-hybridized carbons (Fsp3) is 0.167. The van der Waals surface area contributed by atoms with Crippen molar-refractivity contribution in [2.75, 3.05) is 22.1 Å². The van der Waals surface area contributed by atoms with Gasteiger partial charge in [0.05, 0.1) is 17.5 Å². The lowest BCUT2D eigenvalue weighted by Crippen LogP contribution is -2.13. The number of nitrogens with zero attached hydrogens (tertiary/aromatic N) is 1. The Kier molecular flexibility index (Phi) is 5.82. The summed E-state index contributed by atoms with van der Waals surface area (Å²) in [4.78, 5) is 17.1. The number of rotatable bonds is 5. The zero-order valence-corrected chi connectivity index (χ0v) is 19.1. The second-order valence-corrected chi connectivity index (χ2v) is 11.2. The number of ether oxygens (including phenoxy) is 1. The summed E-state index contributed by atoms with van der Waals surface area (Å²) < 4.78 is 29.1. The number of aliphatic imine (C=N–C) groups is 1. The normalized spacial score (nSPS) is 20.5. The molecule has 2 aliphatic rings. The average molecular weight is 480 g/mol. The van der Waals surface area contributed by atoms with Crippen molar-refractivity contribution in [3.8, 4) is 11.5 Å². The Bertz CT molecular complexity index is 1290. The van der Waals surface area contributed by atoms with Gasteiger partial charge < -0.3 is 15.4 Å². The van der Waals surface area contributed by atoms with Crippen molar-refractivity contribution in [1.82, 2.24) is 0 Å². The van der Waals surface area contributed by atoms with Crippen LogP contribution in [-0.4, -0.2) is 42.3 Å². The number of amides is 1. The van der Waals surface area contributed by atoms with Crippen molar-refractivity contribution in [2.24, 2.45) is 4.99 Å². The molecule has 3 aromatic carbocycles. The van der Waals surface area contributed by atoms with Crippen LogP contribution in [-0.2, 0) is 9.84 Å². The van der Waals surface area contributed by atoms with Crippen molar-refractivity contribution in [3.05, 3.63) is 84.4 Å². The van der Waals surface area contributed by atoms with Gasteiger partial charge in [0.15, 0.2) is 15.0 Å². The molecule has 168 valence electrons. The van der Waals surface area contributed by atoms with Gasteiger partial charge in [0.1, 0.15) is 11.5 Å². The molecular weight excluding hydrogens is 458 g/mol. The molecule has 0 unspecified atom stereocenters. The van der Waals surface area contributed by atoms with E-state index in [2.05, 4.69) is 15.6 Å². The summed E-state index contributed by atoms with van der Waals surface area (Å²) in [6.45, 7) is 0. The van der Waals surface area contributed by atoms with Crippen LogP contribution >= 0.6 is 11.8 Å². The Morgan fingerprint density at radius 3 is 2.24 bits per heavy atom. The van der Waals surface area contributed by atoms with Crippen LogP contribution in [0.4, 0.5) is 11.4 Å². The van der Waals surface area contributed by atoms with Crippen LogP contribution < -0.4 is 15.4 Å². The predicted octanol–water partition coefficient (Wildman–Crippen LogP) is 4.41. The molecule has 0 saturated carbocycles. The highest BCUT2D eigenvalue weighted by molar-refractivity contribution is 8.15. The number of fused-ring (bicyclic) bond motifs is 1. The van der Waals surface area contributed by atoms with Crippen LogP contribution in [0.5, 0.6) is 11.5 Å². The first-order valence-corrected chi connectivity index (χ1v) is 13.1. The molecule has 0 aromatic heterocycles. The molecule has 9 heteroatoms. The minimum Gasteiger partial charge on any atom is -0.457 e. The summed E-state index contributed by atoms with van der Waals surface area (Å²) in [5.74, 6) is 1.51. The smallest absolute Gasteiger partial charge is 0.255 e. The average Bonchev–Trinajstić information content (AvgIpc) is 3.28. The molecule has 0 spiro atoms. The first-order valence-electron chi connectivity index (χ1n) is 10.4. The number of hydrogen-bond donors (Lipinski definition) is 2. The minimum atomic E-state index is -2.97. The second-order valence-electron chi connectivity index (χ2n) is 7.83.